The van der Waals surface area contributed by atoms with Gasteiger partial charge in [0.1, 0.15) is 0 Å². The van der Waals surface area contributed by atoms with Crippen molar-refractivity contribution in [1.82, 2.24) is 20.1 Å². The molecule has 140 valence electrons. The number of aromatic nitrogens is 3. The maximum atomic E-state index is 12.6. The molecule has 0 aliphatic heterocycles. The number of nitrogens with one attached hydrogen (secondary N) is 2. The number of benzene rings is 1. The molecule has 1 aromatic carbocycles. The minimum absolute atomic E-state index is 0.0389. The second-order valence-electron chi connectivity index (χ2n) is 6.94. The lowest BCUT2D eigenvalue weighted by Crippen LogP contribution is -2.32. The summed E-state index contributed by atoms with van der Waals surface area (Å²) in [6.45, 7) is 2.73. The summed E-state index contributed by atoms with van der Waals surface area (Å²) < 4.78 is 2.79. The van der Waals surface area contributed by atoms with Crippen LogP contribution in [0.25, 0.3) is 0 Å². The number of hydrogen-bond donors (Lipinski definition) is 2. The van der Waals surface area contributed by atoms with Gasteiger partial charge in [0.2, 0.25) is 5.91 Å². The number of hydrogen-bond acceptors (Lipinski definition) is 4. The third kappa shape index (κ3) is 4.04. The Kier molecular flexibility index (Phi) is 5.22. The molecule has 7 heteroatoms. The van der Waals surface area contributed by atoms with Gasteiger partial charge in [-0.05, 0) is 44.0 Å². The summed E-state index contributed by atoms with van der Waals surface area (Å²) >= 11 is 6.64. The molecule has 0 bridgehead atoms. The number of H-pyrrole nitrogens is 1. The molecule has 27 heavy (non-hydrogen) atoms. The predicted molar refractivity (Wildman–Crippen MR) is 110 cm³/mol. The summed E-state index contributed by atoms with van der Waals surface area (Å²) in [5.74, 6) is 0.0389. The minimum atomic E-state index is 0.0389. The van der Waals surface area contributed by atoms with Crippen LogP contribution < -0.4 is 5.32 Å². The fraction of sp³-hybridized carbons (Fsp3) is 0.350. The van der Waals surface area contributed by atoms with E-state index in [-0.39, 0.29) is 11.9 Å². The molecule has 2 heterocycles. The van der Waals surface area contributed by atoms with Crippen LogP contribution in [0.1, 0.15) is 46.3 Å². The number of fused-ring (bicyclic) bond motifs is 1. The highest BCUT2D eigenvalue weighted by molar-refractivity contribution is 7.73. The molecule has 0 spiro atoms. The first kappa shape index (κ1) is 18.1. The highest BCUT2D eigenvalue weighted by atomic mass is 32.1. The van der Waals surface area contributed by atoms with Gasteiger partial charge in [0, 0.05) is 21.8 Å². The van der Waals surface area contributed by atoms with E-state index in [0.29, 0.717) is 6.42 Å². The van der Waals surface area contributed by atoms with Crippen LogP contribution in [0.15, 0.2) is 36.5 Å². The topological polar surface area (TPSA) is 62.7 Å². The Labute approximate surface area is 167 Å². The van der Waals surface area contributed by atoms with Crippen molar-refractivity contribution in [3.05, 3.63) is 67.9 Å². The molecule has 1 aliphatic carbocycles. The van der Waals surface area contributed by atoms with Crippen molar-refractivity contribution in [1.29, 1.82) is 0 Å². The van der Waals surface area contributed by atoms with E-state index in [1.165, 1.54) is 22.6 Å². The Balaban J connectivity index is 1.48. The number of aromatic amines is 1. The smallest absolute Gasteiger partial charge is 0.225 e. The van der Waals surface area contributed by atoms with Crippen LogP contribution in [0.5, 0.6) is 0 Å². The third-order valence-electron chi connectivity index (χ3n) is 5.02. The lowest BCUT2D eigenvalue weighted by Gasteiger charge is -2.24. The number of carbonyl (C=O) groups excluding carboxylic acids is 1. The van der Waals surface area contributed by atoms with E-state index in [1.807, 2.05) is 31.3 Å². The lowest BCUT2D eigenvalue weighted by atomic mass is 9.92. The van der Waals surface area contributed by atoms with E-state index in [2.05, 4.69) is 32.2 Å². The lowest BCUT2D eigenvalue weighted by molar-refractivity contribution is -0.121. The van der Waals surface area contributed by atoms with Crippen molar-refractivity contribution < 1.29 is 4.79 Å². The maximum Gasteiger partial charge on any atom is 0.225 e. The fourth-order valence-electron chi connectivity index (χ4n) is 3.66. The summed E-state index contributed by atoms with van der Waals surface area (Å²) in [6, 6.07) is 10.4. The van der Waals surface area contributed by atoms with Crippen LogP contribution in [0, 0.1) is 10.9 Å². The summed E-state index contributed by atoms with van der Waals surface area (Å²) in [6.07, 6.45) is 5.31. The molecule has 0 fully saturated rings. The number of thiazole rings is 1. The van der Waals surface area contributed by atoms with Crippen molar-refractivity contribution in [2.45, 2.75) is 45.2 Å². The molecule has 1 amide bonds. The van der Waals surface area contributed by atoms with E-state index in [1.54, 1.807) is 0 Å². The fourth-order valence-corrected chi connectivity index (χ4v) is 4.95. The van der Waals surface area contributed by atoms with Gasteiger partial charge in [-0.25, -0.2) is 0 Å². The molecule has 1 atom stereocenters. The van der Waals surface area contributed by atoms with Crippen LogP contribution >= 0.6 is 23.6 Å². The van der Waals surface area contributed by atoms with Gasteiger partial charge >= 0.3 is 0 Å². The van der Waals surface area contributed by atoms with Crippen LogP contribution in [0.2, 0.25) is 0 Å². The summed E-state index contributed by atoms with van der Waals surface area (Å²) in [4.78, 5) is 16.7. The van der Waals surface area contributed by atoms with E-state index in [0.717, 1.165) is 45.9 Å². The molecule has 2 aromatic heterocycles. The Morgan fingerprint density at radius 1 is 1.41 bits per heavy atom. The Bertz CT molecular complexity index is 1000. The molecule has 0 unspecified atom stereocenters. The van der Waals surface area contributed by atoms with Crippen molar-refractivity contribution in [2.24, 2.45) is 0 Å². The first-order valence-corrected chi connectivity index (χ1v) is 10.4. The normalized spacial score (nSPS) is 16.1. The van der Waals surface area contributed by atoms with Gasteiger partial charge in [-0.1, -0.05) is 30.3 Å². The number of amides is 1. The molecule has 1 aliphatic rings. The van der Waals surface area contributed by atoms with Gasteiger partial charge in [0.25, 0.3) is 0 Å². The van der Waals surface area contributed by atoms with Crippen LogP contribution in [0.3, 0.4) is 0 Å². The monoisotopic (exact) mass is 398 g/mol. The van der Waals surface area contributed by atoms with Crippen molar-refractivity contribution >= 4 is 29.5 Å². The summed E-state index contributed by atoms with van der Waals surface area (Å²) in [5.41, 5.74) is 4.62. The molecule has 3 aromatic rings. The zero-order valence-electron chi connectivity index (χ0n) is 15.2. The first-order chi connectivity index (χ1) is 13.1. The predicted octanol–water partition coefficient (Wildman–Crippen LogP) is 4.10. The second kappa shape index (κ2) is 7.78. The van der Waals surface area contributed by atoms with Crippen LogP contribution in [0.4, 0.5) is 0 Å². The number of carbonyl (C=O) groups is 1. The quantitative estimate of drug-likeness (QED) is 0.636. The molecule has 4 rings (SSSR count). The first-order valence-electron chi connectivity index (χ1n) is 9.16. The van der Waals surface area contributed by atoms with Gasteiger partial charge in [-0.15, -0.1) is 11.3 Å². The summed E-state index contributed by atoms with van der Waals surface area (Å²) in [5, 5.41) is 7.80. The van der Waals surface area contributed by atoms with Gasteiger partial charge in [-0.3, -0.25) is 9.48 Å². The average molecular weight is 399 g/mol. The second-order valence-corrected chi connectivity index (χ2v) is 8.71. The molecule has 5 nitrogen and oxygen atoms in total. The van der Waals surface area contributed by atoms with Crippen molar-refractivity contribution in [3.63, 3.8) is 0 Å². The molecular formula is C20H22N4OS2. The SMILES string of the molecule is Cc1[nH]c(=S)sc1CC(=O)N[C@@H]1CCCc2c1cnn2Cc1ccccc1. The average Bonchev–Trinajstić information content (AvgIpc) is 3.19. The highest BCUT2D eigenvalue weighted by Crippen LogP contribution is 2.30. The Hall–Kier alpha value is -2.25. The van der Waals surface area contributed by atoms with E-state index in [4.69, 9.17) is 12.2 Å². The van der Waals surface area contributed by atoms with Gasteiger partial charge < -0.3 is 10.3 Å². The number of nitrogens with zero attached hydrogens (tertiary/aromatic N) is 2. The van der Waals surface area contributed by atoms with E-state index < -0.39 is 0 Å². The Morgan fingerprint density at radius 3 is 2.96 bits per heavy atom. The van der Waals surface area contributed by atoms with Gasteiger partial charge in [-0.2, -0.15) is 5.10 Å². The molecule has 0 saturated heterocycles. The molecule has 0 saturated carbocycles. The maximum absolute atomic E-state index is 12.6. The molecule has 0 radical (unpaired) electrons. The van der Waals surface area contributed by atoms with Crippen molar-refractivity contribution in [2.75, 3.05) is 0 Å². The molecule has 2 N–H and O–H groups in total. The van der Waals surface area contributed by atoms with E-state index >= 15 is 0 Å². The third-order valence-corrected chi connectivity index (χ3v) is 6.35. The largest absolute Gasteiger partial charge is 0.349 e. The van der Waals surface area contributed by atoms with Crippen molar-refractivity contribution in [3.8, 4) is 0 Å². The Morgan fingerprint density at radius 2 is 2.22 bits per heavy atom. The number of rotatable bonds is 5. The van der Waals surface area contributed by atoms with Gasteiger partial charge in [0.15, 0.2) is 3.95 Å². The van der Waals surface area contributed by atoms with Crippen LogP contribution in [-0.2, 0) is 24.2 Å². The summed E-state index contributed by atoms with van der Waals surface area (Å²) in [7, 11) is 0. The molecular weight excluding hydrogens is 376 g/mol. The minimum Gasteiger partial charge on any atom is -0.349 e. The van der Waals surface area contributed by atoms with Crippen LogP contribution in [-0.4, -0.2) is 20.7 Å². The zero-order valence-corrected chi connectivity index (χ0v) is 16.8. The van der Waals surface area contributed by atoms with Gasteiger partial charge in [0.05, 0.1) is 25.2 Å². The standard InChI is InChI=1S/C20H22N4OS2/c1-13-18(27-20(26)22-13)10-19(25)23-16-8-5-9-17-15(16)11-21-24(17)12-14-6-3-2-4-7-14/h2-4,6-7,11,16H,5,8-10,12H2,1H3,(H,22,26)(H,23,25)/t16-/m1/s1. The number of aryl methyl sites for hydroxylation is 1. The zero-order chi connectivity index (χ0) is 18.8. The highest BCUT2D eigenvalue weighted by Gasteiger charge is 2.26. The van der Waals surface area contributed by atoms with E-state index in [9.17, 15) is 4.79 Å².